The molecule has 0 aromatic heterocycles. The van der Waals surface area contributed by atoms with Crippen LogP contribution in [0.15, 0.2) is 65.6 Å². The van der Waals surface area contributed by atoms with Crippen molar-refractivity contribution < 1.29 is 13.2 Å². The first-order valence-corrected chi connectivity index (χ1v) is 12.5. The second-order valence-electron chi connectivity index (χ2n) is 8.83. The zero-order valence-corrected chi connectivity index (χ0v) is 18.8. The van der Waals surface area contributed by atoms with Crippen LogP contribution in [-0.4, -0.2) is 33.5 Å². The highest BCUT2D eigenvalue weighted by atomic mass is 32.2. The van der Waals surface area contributed by atoms with Gasteiger partial charge in [0.15, 0.2) is 0 Å². The number of amides is 1. The lowest BCUT2D eigenvalue weighted by Gasteiger charge is -2.12. The van der Waals surface area contributed by atoms with E-state index in [0.717, 1.165) is 41.4 Å². The predicted octanol–water partition coefficient (Wildman–Crippen LogP) is 3.53. The lowest BCUT2D eigenvalue weighted by atomic mass is 10.0. The number of hydrogen-bond donors (Lipinski definition) is 3. The van der Waals surface area contributed by atoms with Gasteiger partial charge < -0.3 is 10.6 Å². The number of anilines is 1. The quantitative estimate of drug-likeness (QED) is 0.537. The number of fused-ring (bicyclic) bond motifs is 1. The minimum Gasteiger partial charge on any atom is -0.326 e. The molecule has 32 heavy (non-hydrogen) atoms. The number of benzene rings is 3. The fourth-order valence-corrected chi connectivity index (χ4v) is 5.80. The number of nitrogens with one attached hydrogen (secondary N) is 3. The van der Waals surface area contributed by atoms with E-state index in [1.165, 1.54) is 5.56 Å². The maximum absolute atomic E-state index is 12.8. The molecule has 5 rings (SSSR count). The van der Waals surface area contributed by atoms with Crippen molar-refractivity contribution in [3.63, 3.8) is 0 Å². The third-order valence-corrected chi connectivity index (χ3v) is 8.03. The highest BCUT2D eigenvalue weighted by molar-refractivity contribution is 7.89. The van der Waals surface area contributed by atoms with Gasteiger partial charge >= 0.3 is 0 Å². The van der Waals surface area contributed by atoms with Crippen molar-refractivity contribution >= 4 is 32.4 Å². The van der Waals surface area contributed by atoms with Crippen LogP contribution >= 0.6 is 0 Å². The molecule has 3 N–H and O–H groups in total. The molecule has 3 aromatic carbocycles. The number of carbonyl (C=O) groups is 1. The minimum atomic E-state index is -3.53. The van der Waals surface area contributed by atoms with E-state index in [0.29, 0.717) is 6.54 Å². The first-order valence-electron chi connectivity index (χ1n) is 11.0. The van der Waals surface area contributed by atoms with Crippen LogP contribution in [0, 0.1) is 12.8 Å². The smallest absolute Gasteiger partial charge is 0.240 e. The molecule has 1 heterocycles. The summed E-state index contributed by atoms with van der Waals surface area (Å²) in [7, 11) is -3.53. The molecule has 3 aromatic rings. The Labute approximate surface area is 188 Å². The van der Waals surface area contributed by atoms with Gasteiger partial charge in [-0.1, -0.05) is 36.4 Å². The molecule has 1 aliphatic heterocycles. The molecular formula is C25H27N3O3S. The van der Waals surface area contributed by atoms with Crippen LogP contribution in [0.1, 0.15) is 29.9 Å². The van der Waals surface area contributed by atoms with Crippen LogP contribution in [-0.2, 0) is 14.8 Å². The predicted molar refractivity (Wildman–Crippen MR) is 126 cm³/mol. The van der Waals surface area contributed by atoms with Gasteiger partial charge in [0, 0.05) is 24.2 Å². The van der Waals surface area contributed by atoms with E-state index in [1.54, 1.807) is 12.1 Å². The molecular weight excluding hydrogens is 422 g/mol. The first kappa shape index (κ1) is 21.1. The van der Waals surface area contributed by atoms with E-state index in [-0.39, 0.29) is 28.7 Å². The molecule has 6 nitrogen and oxygen atoms in total. The van der Waals surface area contributed by atoms with Crippen LogP contribution in [0.5, 0.6) is 0 Å². The Hall–Kier alpha value is -2.74. The van der Waals surface area contributed by atoms with Crippen molar-refractivity contribution in [3.05, 3.63) is 71.8 Å². The molecule has 0 bridgehead atoms. The topological polar surface area (TPSA) is 87.3 Å². The van der Waals surface area contributed by atoms with Crippen molar-refractivity contribution in [2.24, 2.45) is 5.92 Å². The van der Waals surface area contributed by atoms with Gasteiger partial charge in [-0.3, -0.25) is 4.79 Å². The Balaban J connectivity index is 1.23. The second-order valence-corrected chi connectivity index (χ2v) is 10.5. The Morgan fingerprint density at radius 1 is 1.06 bits per heavy atom. The maximum atomic E-state index is 12.8. The molecule has 1 unspecified atom stereocenters. The normalized spacial score (nSPS) is 22.7. The van der Waals surface area contributed by atoms with Crippen LogP contribution in [0.2, 0.25) is 0 Å². The molecule has 1 saturated carbocycles. The molecule has 166 valence electrons. The van der Waals surface area contributed by atoms with E-state index in [4.69, 9.17) is 0 Å². The lowest BCUT2D eigenvalue weighted by molar-refractivity contribution is -0.117. The Morgan fingerprint density at radius 3 is 2.62 bits per heavy atom. The number of hydrogen-bond acceptors (Lipinski definition) is 4. The van der Waals surface area contributed by atoms with Gasteiger partial charge in [-0.15, -0.1) is 0 Å². The fraction of sp³-hybridized carbons (Fsp3) is 0.320. The van der Waals surface area contributed by atoms with Crippen molar-refractivity contribution in [2.75, 3.05) is 18.4 Å². The van der Waals surface area contributed by atoms with Crippen molar-refractivity contribution in [1.82, 2.24) is 10.0 Å². The van der Waals surface area contributed by atoms with E-state index in [9.17, 15) is 13.2 Å². The minimum absolute atomic E-state index is 0.00929. The van der Waals surface area contributed by atoms with Crippen molar-refractivity contribution in [1.29, 1.82) is 0 Å². The van der Waals surface area contributed by atoms with E-state index in [1.807, 2.05) is 36.4 Å². The number of rotatable bonds is 6. The summed E-state index contributed by atoms with van der Waals surface area (Å²) in [6, 6.07) is 19.0. The number of aryl methyl sites for hydroxylation is 1. The summed E-state index contributed by atoms with van der Waals surface area (Å²) >= 11 is 0. The summed E-state index contributed by atoms with van der Waals surface area (Å²) in [5.74, 6) is 0.0451. The molecule has 7 heteroatoms. The molecule has 2 fully saturated rings. The maximum Gasteiger partial charge on any atom is 0.240 e. The zero-order valence-electron chi connectivity index (χ0n) is 18.0. The summed E-state index contributed by atoms with van der Waals surface area (Å²) in [4.78, 5) is 13.0. The fourth-order valence-electron chi connectivity index (χ4n) is 4.53. The van der Waals surface area contributed by atoms with Crippen LogP contribution in [0.3, 0.4) is 0 Å². The summed E-state index contributed by atoms with van der Waals surface area (Å²) < 4.78 is 27.9. The van der Waals surface area contributed by atoms with Gasteiger partial charge in [0.2, 0.25) is 15.9 Å². The average Bonchev–Trinajstić information content (AvgIpc) is 3.44. The van der Waals surface area contributed by atoms with Crippen molar-refractivity contribution in [3.8, 4) is 0 Å². The standard InChI is InChI=1S/C25H27N3O3S/c1-16-3-2-4-17-5-8-19(13-22(16)17)27-25(29)24-14-23(24)18-6-9-21(10-7-18)32(30,31)28-20-11-12-26-15-20/h2-10,13,20,23-24,26,28H,11-12,14-15H2,1H3,(H,27,29)/t20?,23-,24+/m0/s1. The number of sulfonamides is 1. The first-order chi connectivity index (χ1) is 15.4. The van der Waals surface area contributed by atoms with Crippen molar-refractivity contribution in [2.45, 2.75) is 36.6 Å². The van der Waals surface area contributed by atoms with Gasteiger partial charge in [-0.25, -0.2) is 13.1 Å². The summed E-state index contributed by atoms with van der Waals surface area (Å²) in [6.07, 6.45) is 1.57. The molecule has 1 saturated heterocycles. The van der Waals surface area contributed by atoms with Gasteiger partial charge in [0.25, 0.3) is 0 Å². The molecule has 3 atom stereocenters. The van der Waals surface area contributed by atoms with Crippen LogP contribution in [0.25, 0.3) is 10.8 Å². The highest BCUT2D eigenvalue weighted by Crippen LogP contribution is 2.48. The number of carbonyl (C=O) groups excluding carboxylic acids is 1. The van der Waals surface area contributed by atoms with Crippen LogP contribution < -0.4 is 15.4 Å². The van der Waals surface area contributed by atoms with E-state index >= 15 is 0 Å². The van der Waals surface area contributed by atoms with Gasteiger partial charge in [0.05, 0.1) is 4.90 Å². The average molecular weight is 450 g/mol. The molecule has 2 aliphatic rings. The van der Waals surface area contributed by atoms with Gasteiger partial charge in [-0.05, 0) is 78.4 Å². The largest absolute Gasteiger partial charge is 0.326 e. The summed E-state index contributed by atoms with van der Waals surface area (Å²) in [6.45, 7) is 3.55. The second kappa shape index (κ2) is 8.31. The Bertz CT molecular complexity index is 1270. The highest BCUT2D eigenvalue weighted by Gasteiger charge is 2.44. The van der Waals surface area contributed by atoms with Crippen LogP contribution in [0.4, 0.5) is 5.69 Å². The molecule has 0 spiro atoms. The monoisotopic (exact) mass is 449 g/mol. The zero-order chi connectivity index (χ0) is 22.3. The molecule has 0 radical (unpaired) electrons. The summed E-state index contributed by atoms with van der Waals surface area (Å²) in [5, 5.41) is 8.50. The third kappa shape index (κ3) is 4.28. The molecule has 1 aliphatic carbocycles. The summed E-state index contributed by atoms with van der Waals surface area (Å²) in [5.41, 5.74) is 2.98. The van der Waals surface area contributed by atoms with Gasteiger partial charge in [0.1, 0.15) is 0 Å². The SMILES string of the molecule is Cc1cccc2ccc(NC(=O)[C@@H]3C[C@H]3c3ccc(S(=O)(=O)NC4CCNC4)cc3)cc12. The Kier molecular flexibility index (Phi) is 5.49. The van der Waals surface area contributed by atoms with E-state index in [2.05, 4.69) is 34.4 Å². The van der Waals surface area contributed by atoms with Gasteiger partial charge in [-0.2, -0.15) is 0 Å². The molecule has 1 amide bonds. The third-order valence-electron chi connectivity index (χ3n) is 6.50. The Morgan fingerprint density at radius 2 is 1.88 bits per heavy atom. The lowest BCUT2D eigenvalue weighted by Crippen LogP contribution is -2.36. The van der Waals surface area contributed by atoms with E-state index < -0.39 is 10.0 Å².